The predicted octanol–water partition coefficient (Wildman–Crippen LogP) is 5.04. The predicted molar refractivity (Wildman–Crippen MR) is 106 cm³/mol. The molecule has 2 aromatic rings. The van der Waals surface area contributed by atoms with Crippen LogP contribution >= 0.6 is 39.1 Å². The molecule has 4 nitrogen and oxygen atoms in total. The van der Waals surface area contributed by atoms with E-state index in [-0.39, 0.29) is 39.7 Å². The first-order valence-corrected chi connectivity index (χ1v) is 11.0. The number of hydrogen-bond donors (Lipinski definition) is 0. The summed E-state index contributed by atoms with van der Waals surface area (Å²) in [4.78, 5) is 12.5. The summed E-state index contributed by atoms with van der Waals surface area (Å²) >= 11 is 15.5. The van der Waals surface area contributed by atoms with Crippen molar-refractivity contribution in [2.75, 3.05) is 13.1 Å². The number of rotatable bonds is 4. The van der Waals surface area contributed by atoms with E-state index >= 15 is 0 Å². The first-order valence-electron chi connectivity index (χ1n) is 8.04. The molecule has 0 atom stereocenters. The quantitative estimate of drug-likeness (QED) is 0.581. The van der Waals surface area contributed by atoms with Crippen LogP contribution in [0.5, 0.6) is 0 Å². The Bertz CT molecular complexity index is 904. The third-order valence-electron chi connectivity index (χ3n) is 4.44. The molecule has 26 heavy (non-hydrogen) atoms. The van der Waals surface area contributed by atoms with Gasteiger partial charge in [-0.25, -0.2) is 8.42 Å². The lowest BCUT2D eigenvalue weighted by Gasteiger charge is -2.31. The van der Waals surface area contributed by atoms with Crippen LogP contribution in [0.2, 0.25) is 10.0 Å². The Hall–Kier alpha value is -0.920. The number of benzene rings is 2. The molecule has 0 aliphatic carbocycles. The molecule has 1 fully saturated rings. The van der Waals surface area contributed by atoms with E-state index in [2.05, 4.69) is 15.9 Å². The van der Waals surface area contributed by atoms with Gasteiger partial charge in [-0.1, -0.05) is 69.5 Å². The fourth-order valence-electron chi connectivity index (χ4n) is 3.10. The van der Waals surface area contributed by atoms with Gasteiger partial charge in [-0.2, -0.15) is 4.31 Å². The molecule has 0 N–H and O–H groups in total. The van der Waals surface area contributed by atoms with E-state index in [1.54, 1.807) is 12.1 Å². The fraction of sp³-hybridized carbons (Fsp3) is 0.278. The van der Waals surface area contributed by atoms with Crippen molar-refractivity contribution in [1.29, 1.82) is 0 Å². The van der Waals surface area contributed by atoms with E-state index in [1.807, 2.05) is 18.2 Å². The molecule has 0 saturated carbocycles. The maximum absolute atomic E-state index is 12.9. The van der Waals surface area contributed by atoms with Gasteiger partial charge in [0.25, 0.3) is 0 Å². The number of nitrogens with zero attached hydrogens (tertiary/aromatic N) is 1. The maximum Gasteiger partial charge on any atom is 0.246 e. The van der Waals surface area contributed by atoms with E-state index in [0.29, 0.717) is 22.9 Å². The first kappa shape index (κ1) is 19.8. The Kier molecular flexibility index (Phi) is 6.09. The summed E-state index contributed by atoms with van der Waals surface area (Å²) in [7, 11) is -3.82. The molecule has 1 heterocycles. The first-order chi connectivity index (χ1) is 12.3. The highest BCUT2D eigenvalue weighted by molar-refractivity contribution is 9.10. The summed E-state index contributed by atoms with van der Waals surface area (Å²) < 4.78 is 27.8. The van der Waals surface area contributed by atoms with Crippen LogP contribution in [0, 0.1) is 5.92 Å². The zero-order chi connectivity index (χ0) is 18.9. The van der Waals surface area contributed by atoms with Crippen LogP contribution < -0.4 is 0 Å². The monoisotopic (exact) mass is 475 g/mol. The standard InChI is InChI=1S/C18H16BrCl2NO3S/c19-14-10-15(20)18(16(21)11-14)26(24,25)22-8-6-13(7-9-22)17(23)12-4-2-1-3-5-12/h1-5,10-11,13H,6-9H2. The second-order valence-corrected chi connectivity index (χ2v) is 9.71. The van der Waals surface area contributed by atoms with Gasteiger partial charge in [0.15, 0.2) is 5.78 Å². The minimum Gasteiger partial charge on any atom is -0.294 e. The lowest BCUT2D eigenvalue weighted by atomic mass is 9.90. The van der Waals surface area contributed by atoms with Crippen molar-refractivity contribution < 1.29 is 13.2 Å². The van der Waals surface area contributed by atoms with Gasteiger partial charge in [-0.05, 0) is 25.0 Å². The highest BCUT2D eigenvalue weighted by Crippen LogP contribution is 2.36. The zero-order valence-electron chi connectivity index (χ0n) is 13.7. The number of carbonyl (C=O) groups excluding carboxylic acids is 1. The van der Waals surface area contributed by atoms with Crippen molar-refractivity contribution in [3.63, 3.8) is 0 Å². The highest BCUT2D eigenvalue weighted by atomic mass is 79.9. The van der Waals surface area contributed by atoms with E-state index in [4.69, 9.17) is 23.2 Å². The minimum absolute atomic E-state index is 0.0577. The number of ketones is 1. The number of hydrogen-bond acceptors (Lipinski definition) is 3. The molecule has 0 amide bonds. The summed E-state index contributed by atoms with van der Waals surface area (Å²) in [5.74, 6) is -0.123. The molecule has 1 aliphatic heterocycles. The fourth-order valence-corrected chi connectivity index (χ4v) is 6.45. The number of piperidine rings is 1. The molecular weight excluding hydrogens is 461 g/mol. The van der Waals surface area contributed by atoms with Crippen molar-refractivity contribution >= 4 is 54.9 Å². The largest absolute Gasteiger partial charge is 0.294 e. The Morgan fingerprint density at radius 3 is 2.12 bits per heavy atom. The van der Waals surface area contributed by atoms with E-state index in [9.17, 15) is 13.2 Å². The second kappa shape index (κ2) is 7.98. The molecule has 8 heteroatoms. The van der Waals surface area contributed by atoms with Crippen LogP contribution in [0.25, 0.3) is 0 Å². The van der Waals surface area contributed by atoms with Crippen molar-refractivity contribution in [2.45, 2.75) is 17.7 Å². The number of Topliss-reactive ketones (excluding diaryl/α,β-unsaturated/α-hetero) is 1. The average Bonchev–Trinajstić information content (AvgIpc) is 2.61. The molecule has 0 unspecified atom stereocenters. The van der Waals surface area contributed by atoms with Crippen molar-refractivity contribution in [3.05, 3.63) is 62.5 Å². The van der Waals surface area contributed by atoms with E-state index in [1.165, 1.54) is 16.4 Å². The molecule has 0 bridgehead atoms. The molecule has 0 radical (unpaired) electrons. The average molecular weight is 477 g/mol. The highest BCUT2D eigenvalue weighted by Gasteiger charge is 2.34. The van der Waals surface area contributed by atoms with Gasteiger partial charge in [0, 0.05) is 29.0 Å². The van der Waals surface area contributed by atoms with E-state index < -0.39 is 10.0 Å². The summed E-state index contributed by atoms with van der Waals surface area (Å²) in [6, 6.07) is 12.1. The zero-order valence-corrected chi connectivity index (χ0v) is 17.6. The molecular formula is C18H16BrCl2NO3S. The van der Waals surface area contributed by atoms with Gasteiger partial charge in [0.1, 0.15) is 4.90 Å². The Labute approximate surface area is 171 Å². The molecule has 0 aromatic heterocycles. The Balaban J connectivity index is 1.77. The van der Waals surface area contributed by atoms with Crippen LogP contribution in [0.1, 0.15) is 23.2 Å². The summed E-state index contributed by atoms with van der Waals surface area (Å²) in [6.07, 6.45) is 0.942. The molecule has 0 spiro atoms. The molecule has 1 saturated heterocycles. The summed E-state index contributed by atoms with van der Waals surface area (Å²) in [5.41, 5.74) is 0.660. The normalized spacial score (nSPS) is 16.6. The Morgan fingerprint density at radius 2 is 1.58 bits per heavy atom. The maximum atomic E-state index is 12.9. The molecule has 1 aliphatic rings. The summed E-state index contributed by atoms with van der Waals surface area (Å²) in [5, 5.41) is 0.152. The third kappa shape index (κ3) is 3.99. The van der Waals surface area contributed by atoms with Gasteiger partial charge < -0.3 is 0 Å². The van der Waals surface area contributed by atoms with Crippen LogP contribution in [-0.4, -0.2) is 31.6 Å². The molecule has 2 aromatic carbocycles. The van der Waals surface area contributed by atoms with Gasteiger partial charge in [-0.3, -0.25) is 4.79 Å². The van der Waals surface area contributed by atoms with Crippen molar-refractivity contribution in [2.24, 2.45) is 5.92 Å². The number of sulfonamides is 1. The molecule has 3 rings (SSSR count). The lowest BCUT2D eigenvalue weighted by Crippen LogP contribution is -2.40. The minimum atomic E-state index is -3.82. The van der Waals surface area contributed by atoms with Crippen molar-refractivity contribution in [3.8, 4) is 0 Å². The van der Waals surface area contributed by atoms with E-state index in [0.717, 1.165) is 0 Å². The second-order valence-electron chi connectivity index (χ2n) is 6.11. The van der Waals surface area contributed by atoms with Crippen molar-refractivity contribution in [1.82, 2.24) is 4.31 Å². The Morgan fingerprint density at radius 1 is 1.04 bits per heavy atom. The number of carbonyl (C=O) groups is 1. The van der Waals surface area contributed by atoms with Crippen LogP contribution in [0.3, 0.4) is 0 Å². The third-order valence-corrected chi connectivity index (χ3v) is 7.72. The van der Waals surface area contributed by atoms with Gasteiger partial charge >= 0.3 is 0 Å². The smallest absolute Gasteiger partial charge is 0.246 e. The lowest BCUT2D eigenvalue weighted by molar-refractivity contribution is 0.0875. The molecule has 138 valence electrons. The van der Waals surface area contributed by atoms with Crippen LogP contribution in [0.15, 0.2) is 51.8 Å². The SMILES string of the molecule is O=C(c1ccccc1)C1CCN(S(=O)(=O)c2c(Cl)cc(Br)cc2Cl)CC1. The van der Waals surface area contributed by atoms with Gasteiger partial charge in [0.05, 0.1) is 10.0 Å². The van der Waals surface area contributed by atoms with Gasteiger partial charge in [0.2, 0.25) is 10.0 Å². The summed E-state index contributed by atoms with van der Waals surface area (Å²) in [6.45, 7) is 0.516. The van der Waals surface area contributed by atoms with Crippen LogP contribution in [-0.2, 0) is 10.0 Å². The number of halogens is 3. The topological polar surface area (TPSA) is 54.5 Å². The van der Waals surface area contributed by atoms with Crippen LogP contribution in [0.4, 0.5) is 0 Å². The van der Waals surface area contributed by atoms with Gasteiger partial charge in [-0.15, -0.1) is 0 Å².